The van der Waals surface area contributed by atoms with Crippen LogP contribution in [-0.4, -0.2) is 30.9 Å². The van der Waals surface area contributed by atoms with E-state index in [1.165, 1.54) is 17.3 Å². The van der Waals surface area contributed by atoms with Crippen LogP contribution in [0.4, 0.5) is 16.2 Å². The lowest BCUT2D eigenvalue weighted by Crippen LogP contribution is -2.54. The lowest BCUT2D eigenvalue weighted by Gasteiger charge is -2.27. The zero-order valence-electron chi connectivity index (χ0n) is 15.2. The molecule has 0 saturated carbocycles. The Hall–Kier alpha value is -3.12. The van der Waals surface area contributed by atoms with Crippen molar-refractivity contribution in [3.63, 3.8) is 0 Å². The first-order chi connectivity index (χ1) is 13.5. The Bertz CT molecular complexity index is 1030. The molecular formula is C21H18ClN3O3. The predicted octanol–water partition coefficient (Wildman–Crippen LogP) is 3.39. The van der Waals surface area contributed by atoms with Gasteiger partial charge in [-0.05, 0) is 54.8 Å². The fraction of sp³-hybridized carbons (Fsp3) is 0.190. The number of urea groups is 1. The fourth-order valence-electron chi connectivity index (χ4n) is 3.58. The first-order valence-electron chi connectivity index (χ1n) is 9.03. The number of carbonyl (C=O) groups is 3. The number of halogens is 1. The number of imide groups is 2. The molecule has 142 valence electrons. The zero-order valence-corrected chi connectivity index (χ0v) is 16.0. The van der Waals surface area contributed by atoms with Crippen LogP contribution in [0.5, 0.6) is 0 Å². The maximum Gasteiger partial charge on any atom is 0.335 e. The summed E-state index contributed by atoms with van der Waals surface area (Å²) in [6.07, 6.45) is 2.44. The van der Waals surface area contributed by atoms with Gasteiger partial charge in [-0.25, -0.2) is 9.69 Å². The Morgan fingerprint density at radius 2 is 1.89 bits per heavy atom. The summed E-state index contributed by atoms with van der Waals surface area (Å²) in [5.74, 6) is -1.41. The van der Waals surface area contributed by atoms with E-state index in [0.29, 0.717) is 0 Å². The second-order valence-electron chi connectivity index (χ2n) is 6.63. The molecule has 2 aliphatic rings. The van der Waals surface area contributed by atoms with Crippen LogP contribution in [0, 0.1) is 0 Å². The summed E-state index contributed by atoms with van der Waals surface area (Å²) in [6, 6.07) is 11.5. The molecule has 1 N–H and O–H groups in total. The highest BCUT2D eigenvalue weighted by molar-refractivity contribution is 6.42. The van der Waals surface area contributed by atoms with E-state index in [4.69, 9.17) is 11.6 Å². The number of likely N-dealkylation sites (N-methyl/N-ethyl adjacent to an activating group) is 1. The lowest BCUT2D eigenvalue weighted by atomic mass is 10.0. The third-order valence-corrected chi connectivity index (χ3v) is 5.30. The maximum absolute atomic E-state index is 12.9. The van der Waals surface area contributed by atoms with E-state index in [1.807, 2.05) is 18.2 Å². The maximum atomic E-state index is 12.9. The van der Waals surface area contributed by atoms with E-state index in [-0.39, 0.29) is 16.3 Å². The van der Waals surface area contributed by atoms with Gasteiger partial charge in [-0.15, -0.1) is 0 Å². The summed E-state index contributed by atoms with van der Waals surface area (Å²) < 4.78 is 0. The molecule has 6 nitrogen and oxygen atoms in total. The molecule has 0 aliphatic carbocycles. The highest BCUT2D eigenvalue weighted by Crippen LogP contribution is 2.31. The normalized spacial score (nSPS) is 17.9. The molecule has 7 heteroatoms. The van der Waals surface area contributed by atoms with Crippen LogP contribution in [0.25, 0.3) is 6.08 Å². The van der Waals surface area contributed by atoms with E-state index in [9.17, 15) is 14.4 Å². The quantitative estimate of drug-likeness (QED) is 0.639. The number of fused-ring (bicyclic) bond motifs is 1. The van der Waals surface area contributed by atoms with E-state index >= 15 is 0 Å². The van der Waals surface area contributed by atoms with Gasteiger partial charge in [0.15, 0.2) is 0 Å². The molecule has 2 heterocycles. The van der Waals surface area contributed by atoms with Gasteiger partial charge in [0.2, 0.25) is 0 Å². The zero-order chi connectivity index (χ0) is 19.8. The summed E-state index contributed by atoms with van der Waals surface area (Å²) in [5.41, 5.74) is 3.22. The minimum Gasteiger partial charge on any atom is -0.371 e. The highest BCUT2D eigenvalue weighted by atomic mass is 35.5. The topological polar surface area (TPSA) is 69.7 Å². The third-order valence-electron chi connectivity index (χ3n) is 4.98. The number of anilines is 2. The molecule has 0 radical (unpaired) electrons. The van der Waals surface area contributed by atoms with Crippen molar-refractivity contribution in [2.45, 2.75) is 13.3 Å². The number of rotatable bonds is 3. The van der Waals surface area contributed by atoms with Gasteiger partial charge in [0.05, 0.1) is 10.7 Å². The predicted molar refractivity (Wildman–Crippen MR) is 108 cm³/mol. The summed E-state index contributed by atoms with van der Waals surface area (Å²) in [7, 11) is 0. The van der Waals surface area contributed by atoms with Crippen molar-refractivity contribution >= 4 is 46.9 Å². The average Bonchev–Trinajstić information content (AvgIpc) is 3.09. The second-order valence-corrected chi connectivity index (χ2v) is 7.03. The molecule has 0 unspecified atom stereocenters. The number of amides is 4. The van der Waals surface area contributed by atoms with E-state index in [0.717, 1.165) is 30.0 Å². The molecule has 2 aliphatic heterocycles. The van der Waals surface area contributed by atoms with Gasteiger partial charge < -0.3 is 4.90 Å². The summed E-state index contributed by atoms with van der Waals surface area (Å²) in [5, 5.41) is 2.46. The Morgan fingerprint density at radius 3 is 2.64 bits per heavy atom. The number of nitrogens with zero attached hydrogens (tertiary/aromatic N) is 2. The standard InChI is InChI=1S/C21H18ClN3O3/c1-2-24-10-9-14-11-13(7-8-17(14)24)12-15-19(26)23-21(28)25(20(15)27)18-6-4-3-5-16(18)22/h3-8,11-12H,2,9-10H2,1H3,(H,23,26,28). The van der Waals surface area contributed by atoms with Crippen LogP contribution in [0.1, 0.15) is 18.1 Å². The molecule has 28 heavy (non-hydrogen) atoms. The fourth-order valence-corrected chi connectivity index (χ4v) is 3.80. The van der Waals surface area contributed by atoms with Gasteiger partial charge in [-0.1, -0.05) is 29.8 Å². The molecule has 0 atom stereocenters. The number of hydrogen-bond acceptors (Lipinski definition) is 4. The number of carbonyl (C=O) groups excluding carboxylic acids is 3. The van der Waals surface area contributed by atoms with Crippen molar-refractivity contribution in [2.24, 2.45) is 0 Å². The van der Waals surface area contributed by atoms with Gasteiger partial charge in [0.25, 0.3) is 11.8 Å². The van der Waals surface area contributed by atoms with Gasteiger partial charge in [0.1, 0.15) is 5.57 Å². The van der Waals surface area contributed by atoms with Gasteiger partial charge >= 0.3 is 6.03 Å². The third kappa shape index (κ3) is 3.05. The molecule has 1 saturated heterocycles. The van der Waals surface area contributed by atoms with Gasteiger partial charge in [-0.2, -0.15) is 0 Å². The Labute approximate surface area is 167 Å². The van der Waals surface area contributed by atoms with E-state index in [1.54, 1.807) is 24.3 Å². The van der Waals surface area contributed by atoms with Crippen LogP contribution < -0.4 is 15.1 Å². The summed E-state index contributed by atoms with van der Waals surface area (Å²) >= 11 is 6.14. The van der Waals surface area contributed by atoms with Crippen LogP contribution in [0.15, 0.2) is 48.0 Å². The largest absolute Gasteiger partial charge is 0.371 e. The second kappa shape index (κ2) is 7.13. The molecule has 0 spiro atoms. The Morgan fingerprint density at radius 1 is 1.11 bits per heavy atom. The minimum atomic E-state index is -0.812. The van der Waals surface area contributed by atoms with Crippen LogP contribution in [-0.2, 0) is 16.0 Å². The monoisotopic (exact) mass is 395 g/mol. The Balaban J connectivity index is 1.71. The molecular weight excluding hydrogens is 378 g/mol. The minimum absolute atomic E-state index is 0.107. The van der Waals surface area contributed by atoms with Crippen LogP contribution in [0.2, 0.25) is 5.02 Å². The molecule has 2 aromatic carbocycles. The van der Waals surface area contributed by atoms with Gasteiger partial charge in [0, 0.05) is 18.8 Å². The van der Waals surface area contributed by atoms with Crippen molar-refractivity contribution in [1.82, 2.24) is 5.32 Å². The number of para-hydroxylation sites is 1. The number of hydrogen-bond donors (Lipinski definition) is 1. The van der Waals surface area contributed by atoms with Crippen molar-refractivity contribution in [3.8, 4) is 0 Å². The van der Waals surface area contributed by atoms with E-state index in [2.05, 4.69) is 17.1 Å². The molecule has 1 fully saturated rings. The first kappa shape index (κ1) is 18.3. The van der Waals surface area contributed by atoms with Crippen molar-refractivity contribution in [1.29, 1.82) is 0 Å². The Kier molecular flexibility index (Phi) is 4.65. The smallest absolute Gasteiger partial charge is 0.335 e. The van der Waals surface area contributed by atoms with Crippen molar-refractivity contribution < 1.29 is 14.4 Å². The molecule has 4 amide bonds. The lowest BCUT2D eigenvalue weighted by molar-refractivity contribution is -0.122. The summed E-state index contributed by atoms with van der Waals surface area (Å²) in [4.78, 5) is 40.7. The average molecular weight is 396 g/mol. The molecule has 0 bridgehead atoms. The molecule has 0 aromatic heterocycles. The van der Waals surface area contributed by atoms with Crippen molar-refractivity contribution in [3.05, 3.63) is 64.2 Å². The molecule has 4 rings (SSSR count). The number of nitrogens with one attached hydrogen (secondary N) is 1. The number of benzene rings is 2. The first-order valence-corrected chi connectivity index (χ1v) is 9.41. The van der Waals surface area contributed by atoms with Crippen molar-refractivity contribution in [2.75, 3.05) is 22.9 Å². The van der Waals surface area contributed by atoms with E-state index < -0.39 is 17.8 Å². The van der Waals surface area contributed by atoms with Gasteiger partial charge in [-0.3, -0.25) is 14.9 Å². The summed E-state index contributed by atoms with van der Waals surface area (Å²) in [6.45, 7) is 4.00. The number of barbiturate groups is 1. The SMILES string of the molecule is CCN1CCc2cc(C=C3C(=O)NC(=O)N(c4ccccc4Cl)C3=O)ccc21. The van der Waals surface area contributed by atoms with Crippen LogP contribution in [0.3, 0.4) is 0 Å². The highest BCUT2D eigenvalue weighted by Gasteiger charge is 2.37. The van der Waals surface area contributed by atoms with Crippen LogP contribution >= 0.6 is 11.6 Å². The molecule has 2 aromatic rings.